The van der Waals surface area contributed by atoms with Crippen LogP contribution in [0.4, 0.5) is 0 Å². The maximum Gasteiger partial charge on any atom is 0.257 e. The summed E-state index contributed by atoms with van der Waals surface area (Å²) in [7, 11) is 1.56. The molecule has 1 saturated heterocycles. The first kappa shape index (κ1) is 14.8. The highest BCUT2D eigenvalue weighted by atomic mass is 79.9. The third-order valence-electron chi connectivity index (χ3n) is 3.35. The summed E-state index contributed by atoms with van der Waals surface area (Å²) in [6, 6.07) is 7.53. The van der Waals surface area contributed by atoms with Crippen LogP contribution in [0.2, 0.25) is 0 Å². The fourth-order valence-electron chi connectivity index (χ4n) is 2.22. The van der Waals surface area contributed by atoms with Crippen LogP contribution in [-0.4, -0.2) is 55.5 Å². The molecule has 0 spiro atoms. The molecular weight excluding hydrogens is 322 g/mol. The summed E-state index contributed by atoms with van der Waals surface area (Å²) in [6.07, 6.45) is 0. The smallest absolute Gasteiger partial charge is 0.257 e. The summed E-state index contributed by atoms with van der Waals surface area (Å²) in [5.41, 5.74) is 0.574. The molecule has 106 valence electrons. The van der Waals surface area contributed by atoms with Crippen molar-refractivity contribution >= 4 is 21.8 Å². The van der Waals surface area contributed by atoms with Gasteiger partial charge in [-0.25, -0.2) is 0 Å². The molecule has 1 aliphatic rings. The minimum absolute atomic E-state index is 0.0223. The Kier molecular flexibility index (Phi) is 4.99. The van der Waals surface area contributed by atoms with Crippen molar-refractivity contribution in [2.24, 2.45) is 0 Å². The van der Waals surface area contributed by atoms with Crippen molar-refractivity contribution in [2.45, 2.75) is 0 Å². The zero-order valence-electron chi connectivity index (χ0n) is 11.3. The number of nitriles is 1. The van der Waals surface area contributed by atoms with E-state index in [0.717, 1.165) is 17.6 Å². The number of methoxy groups -OCH3 is 1. The highest BCUT2D eigenvalue weighted by Crippen LogP contribution is 2.25. The van der Waals surface area contributed by atoms with E-state index in [2.05, 4.69) is 22.0 Å². The summed E-state index contributed by atoms with van der Waals surface area (Å²) in [5.74, 6) is 0.551. The third-order valence-corrected chi connectivity index (χ3v) is 3.84. The molecule has 0 unspecified atom stereocenters. The predicted molar refractivity (Wildman–Crippen MR) is 78.7 cm³/mol. The first-order valence-corrected chi connectivity index (χ1v) is 7.17. The summed E-state index contributed by atoms with van der Waals surface area (Å²) >= 11 is 3.37. The molecule has 1 aromatic carbocycles. The predicted octanol–water partition coefficient (Wildman–Crippen LogP) is 1.74. The van der Waals surface area contributed by atoms with E-state index in [4.69, 9.17) is 10.00 Å². The Labute approximate surface area is 126 Å². The summed E-state index contributed by atoms with van der Waals surface area (Å²) < 4.78 is 6.15. The number of rotatable bonds is 3. The van der Waals surface area contributed by atoms with Gasteiger partial charge in [0.2, 0.25) is 0 Å². The van der Waals surface area contributed by atoms with Gasteiger partial charge in [-0.15, -0.1) is 0 Å². The fraction of sp³-hybridized carbons (Fsp3) is 0.429. The average molecular weight is 338 g/mol. The number of ether oxygens (including phenoxy) is 1. The van der Waals surface area contributed by atoms with E-state index in [1.807, 2.05) is 11.0 Å². The lowest BCUT2D eigenvalue weighted by Gasteiger charge is -2.33. The highest BCUT2D eigenvalue weighted by Gasteiger charge is 2.24. The van der Waals surface area contributed by atoms with Gasteiger partial charge in [-0.3, -0.25) is 9.69 Å². The SMILES string of the molecule is COc1cc(Br)ccc1C(=O)N1CCN(CC#N)CC1. The molecule has 1 heterocycles. The Balaban J connectivity index is 2.08. The Hall–Kier alpha value is -1.58. The van der Waals surface area contributed by atoms with Crippen LogP contribution < -0.4 is 4.74 Å². The van der Waals surface area contributed by atoms with Crippen LogP contribution in [0.5, 0.6) is 5.75 Å². The molecule has 1 aromatic rings. The molecule has 0 N–H and O–H groups in total. The molecule has 0 radical (unpaired) electrons. The second-order valence-corrected chi connectivity index (χ2v) is 5.49. The van der Waals surface area contributed by atoms with Crippen molar-refractivity contribution < 1.29 is 9.53 Å². The van der Waals surface area contributed by atoms with Gasteiger partial charge >= 0.3 is 0 Å². The van der Waals surface area contributed by atoms with Gasteiger partial charge in [-0.2, -0.15) is 5.26 Å². The lowest BCUT2D eigenvalue weighted by molar-refractivity contribution is 0.0648. The van der Waals surface area contributed by atoms with Crippen molar-refractivity contribution in [3.8, 4) is 11.8 Å². The Morgan fingerprint density at radius 3 is 2.70 bits per heavy atom. The number of benzene rings is 1. The number of hydrogen-bond acceptors (Lipinski definition) is 4. The Morgan fingerprint density at radius 1 is 1.40 bits per heavy atom. The van der Waals surface area contributed by atoms with Crippen molar-refractivity contribution in [1.29, 1.82) is 5.26 Å². The number of halogens is 1. The second-order valence-electron chi connectivity index (χ2n) is 4.57. The van der Waals surface area contributed by atoms with Crippen molar-refractivity contribution in [3.63, 3.8) is 0 Å². The monoisotopic (exact) mass is 337 g/mol. The van der Waals surface area contributed by atoms with Gasteiger partial charge in [0.25, 0.3) is 5.91 Å². The normalized spacial score (nSPS) is 15.8. The number of nitrogens with zero attached hydrogens (tertiary/aromatic N) is 3. The standard InChI is InChI=1S/C14H16BrN3O2/c1-20-13-10-11(15)2-3-12(13)14(19)18-8-6-17(5-4-16)7-9-18/h2-3,10H,5-9H2,1H3. The van der Waals surface area contributed by atoms with Crippen molar-refractivity contribution in [1.82, 2.24) is 9.80 Å². The number of hydrogen-bond donors (Lipinski definition) is 0. The largest absolute Gasteiger partial charge is 0.496 e. The maximum atomic E-state index is 12.5. The lowest BCUT2D eigenvalue weighted by Crippen LogP contribution is -2.48. The Bertz CT molecular complexity index is 534. The molecule has 2 rings (SSSR count). The molecule has 0 aromatic heterocycles. The molecular formula is C14H16BrN3O2. The minimum Gasteiger partial charge on any atom is -0.496 e. The second kappa shape index (κ2) is 6.73. The zero-order valence-corrected chi connectivity index (χ0v) is 12.9. The van der Waals surface area contributed by atoms with E-state index >= 15 is 0 Å². The average Bonchev–Trinajstić information content (AvgIpc) is 2.47. The van der Waals surface area contributed by atoms with Gasteiger partial charge in [-0.05, 0) is 18.2 Å². The number of amides is 1. The van der Waals surface area contributed by atoms with Crippen molar-refractivity contribution in [2.75, 3.05) is 39.8 Å². The molecule has 0 atom stereocenters. The molecule has 5 nitrogen and oxygen atoms in total. The summed E-state index contributed by atoms with van der Waals surface area (Å²) in [6.45, 7) is 3.17. The van der Waals surface area contributed by atoms with Gasteiger partial charge in [0.1, 0.15) is 5.75 Å². The maximum absolute atomic E-state index is 12.5. The van der Waals surface area contributed by atoms with E-state index in [-0.39, 0.29) is 5.91 Å². The topological polar surface area (TPSA) is 56.6 Å². The summed E-state index contributed by atoms with van der Waals surface area (Å²) in [4.78, 5) is 16.4. The molecule has 0 bridgehead atoms. The highest BCUT2D eigenvalue weighted by molar-refractivity contribution is 9.10. The van der Waals surface area contributed by atoms with Gasteiger partial charge in [0.15, 0.2) is 0 Å². The third kappa shape index (κ3) is 3.30. The molecule has 20 heavy (non-hydrogen) atoms. The molecule has 6 heteroatoms. The van der Waals surface area contributed by atoms with Crippen LogP contribution in [-0.2, 0) is 0 Å². The molecule has 1 fully saturated rings. The van der Waals surface area contributed by atoms with Crippen molar-refractivity contribution in [3.05, 3.63) is 28.2 Å². The Morgan fingerprint density at radius 2 is 2.10 bits per heavy atom. The van der Waals surface area contributed by atoms with E-state index in [9.17, 15) is 4.79 Å². The number of carbonyl (C=O) groups excluding carboxylic acids is 1. The van der Waals surface area contributed by atoms with Crippen LogP contribution >= 0.6 is 15.9 Å². The van der Waals surface area contributed by atoms with E-state index in [1.54, 1.807) is 24.1 Å². The van der Waals surface area contributed by atoms with E-state index < -0.39 is 0 Å². The quantitative estimate of drug-likeness (QED) is 0.788. The molecule has 1 aliphatic heterocycles. The van der Waals surface area contributed by atoms with Crippen LogP contribution in [0.3, 0.4) is 0 Å². The lowest BCUT2D eigenvalue weighted by atomic mass is 10.1. The fourth-order valence-corrected chi connectivity index (χ4v) is 2.56. The van der Waals surface area contributed by atoms with E-state index in [0.29, 0.717) is 30.9 Å². The summed E-state index contributed by atoms with van der Waals surface area (Å²) in [5, 5.41) is 8.67. The van der Waals surface area contributed by atoms with Gasteiger partial charge in [0, 0.05) is 30.7 Å². The van der Waals surface area contributed by atoms with Crippen LogP contribution in [0.15, 0.2) is 22.7 Å². The number of carbonyl (C=O) groups is 1. The zero-order chi connectivity index (χ0) is 14.5. The molecule has 1 amide bonds. The van der Waals surface area contributed by atoms with Gasteiger partial charge in [-0.1, -0.05) is 15.9 Å². The van der Waals surface area contributed by atoms with E-state index in [1.165, 1.54) is 0 Å². The first-order valence-electron chi connectivity index (χ1n) is 6.38. The van der Waals surface area contributed by atoms with Gasteiger partial charge in [0.05, 0.1) is 25.3 Å². The van der Waals surface area contributed by atoms with Crippen LogP contribution in [0.25, 0.3) is 0 Å². The first-order chi connectivity index (χ1) is 9.65. The minimum atomic E-state index is -0.0223. The van der Waals surface area contributed by atoms with Crippen LogP contribution in [0, 0.1) is 11.3 Å². The van der Waals surface area contributed by atoms with Gasteiger partial charge < -0.3 is 9.64 Å². The molecule has 0 saturated carbocycles. The number of piperazine rings is 1. The molecule has 0 aliphatic carbocycles. The van der Waals surface area contributed by atoms with Crippen LogP contribution in [0.1, 0.15) is 10.4 Å².